The number of nitrogens with zero attached hydrogens (tertiary/aromatic N) is 2. The number of rotatable bonds is 4. The molecule has 3 amide bonds. The highest BCUT2D eigenvalue weighted by Crippen LogP contribution is 2.33. The molecule has 0 radical (unpaired) electrons. The number of hydrogen-bond donors (Lipinski definition) is 1. The predicted octanol–water partition coefficient (Wildman–Crippen LogP) is 4.64. The van der Waals surface area contributed by atoms with Crippen molar-refractivity contribution in [1.82, 2.24) is 4.98 Å². The van der Waals surface area contributed by atoms with E-state index in [1.165, 1.54) is 16.9 Å². The SMILES string of the molecule is Cc1ccc(-c2nc(C)c(C(=O)Nc3ccccc3N3C(=O)CCC3=O)s2)c(C)c1. The first-order chi connectivity index (χ1) is 14.3. The van der Waals surface area contributed by atoms with Gasteiger partial charge < -0.3 is 5.32 Å². The zero-order valence-electron chi connectivity index (χ0n) is 17.0. The molecule has 1 N–H and O–H groups in total. The summed E-state index contributed by atoms with van der Waals surface area (Å²) >= 11 is 1.33. The Morgan fingerprint density at radius 3 is 2.43 bits per heavy atom. The van der Waals surface area contributed by atoms with Crippen LogP contribution in [0.1, 0.15) is 39.3 Å². The van der Waals surface area contributed by atoms with Crippen LogP contribution in [-0.2, 0) is 9.59 Å². The third kappa shape index (κ3) is 3.64. The monoisotopic (exact) mass is 419 g/mol. The standard InChI is InChI=1S/C23H21N3O3S/c1-13-8-9-16(14(2)12-13)23-24-15(3)21(30-23)22(29)25-17-6-4-5-7-18(17)26-19(27)10-11-20(26)28/h4-9,12H,10-11H2,1-3H3,(H,25,29). The summed E-state index contributed by atoms with van der Waals surface area (Å²) in [6, 6.07) is 13.0. The van der Waals surface area contributed by atoms with Gasteiger partial charge in [0.1, 0.15) is 9.88 Å². The van der Waals surface area contributed by atoms with Gasteiger partial charge >= 0.3 is 0 Å². The van der Waals surface area contributed by atoms with Crippen LogP contribution in [0.2, 0.25) is 0 Å². The lowest BCUT2D eigenvalue weighted by atomic mass is 10.1. The number of anilines is 2. The van der Waals surface area contributed by atoms with Crippen LogP contribution in [0.4, 0.5) is 11.4 Å². The molecule has 7 heteroatoms. The summed E-state index contributed by atoms with van der Waals surface area (Å²) in [7, 11) is 0. The highest BCUT2D eigenvalue weighted by Gasteiger charge is 2.32. The Kier molecular flexibility index (Phi) is 5.22. The Bertz CT molecular complexity index is 1170. The van der Waals surface area contributed by atoms with Gasteiger partial charge in [0.25, 0.3) is 5.91 Å². The molecule has 30 heavy (non-hydrogen) atoms. The van der Waals surface area contributed by atoms with Crippen molar-refractivity contribution in [2.45, 2.75) is 33.6 Å². The fourth-order valence-electron chi connectivity index (χ4n) is 3.57. The highest BCUT2D eigenvalue weighted by molar-refractivity contribution is 7.17. The van der Waals surface area contributed by atoms with E-state index in [0.29, 0.717) is 21.9 Å². The molecule has 1 aliphatic rings. The van der Waals surface area contributed by atoms with E-state index in [9.17, 15) is 14.4 Å². The van der Waals surface area contributed by atoms with Gasteiger partial charge in [-0.2, -0.15) is 0 Å². The second-order valence-electron chi connectivity index (χ2n) is 7.35. The van der Waals surface area contributed by atoms with Crippen LogP contribution in [0.5, 0.6) is 0 Å². The Morgan fingerprint density at radius 1 is 1.03 bits per heavy atom. The van der Waals surface area contributed by atoms with Gasteiger partial charge in [0.05, 0.1) is 17.1 Å². The Hall–Kier alpha value is -3.32. The maximum Gasteiger partial charge on any atom is 0.267 e. The maximum absolute atomic E-state index is 13.0. The zero-order valence-corrected chi connectivity index (χ0v) is 17.8. The number of imide groups is 1. The Labute approximate surface area is 178 Å². The third-order valence-electron chi connectivity index (χ3n) is 5.06. The first-order valence-corrected chi connectivity index (χ1v) is 10.5. The minimum Gasteiger partial charge on any atom is -0.319 e. The summed E-state index contributed by atoms with van der Waals surface area (Å²) in [6.07, 6.45) is 0.378. The van der Waals surface area contributed by atoms with Gasteiger partial charge in [-0.3, -0.25) is 14.4 Å². The predicted molar refractivity (Wildman–Crippen MR) is 118 cm³/mol. The quantitative estimate of drug-likeness (QED) is 0.625. The van der Waals surface area contributed by atoms with Crippen molar-refractivity contribution in [3.05, 3.63) is 64.2 Å². The molecule has 152 valence electrons. The van der Waals surface area contributed by atoms with E-state index in [2.05, 4.69) is 16.4 Å². The van der Waals surface area contributed by atoms with Crippen molar-refractivity contribution in [3.8, 4) is 10.6 Å². The van der Waals surface area contributed by atoms with Crippen molar-refractivity contribution in [2.75, 3.05) is 10.2 Å². The van der Waals surface area contributed by atoms with E-state index in [-0.39, 0.29) is 30.6 Å². The van der Waals surface area contributed by atoms with Crippen molar-refractivity contribution in [1.29, 1.82) is 0 Å². The number of thiazole rings is 1. The molecular weight excluding hydrogens is 398 g/mol. The Morgan fingerprint density at radius 2 is 1.73 bits per heavy atom. The molecule has 1 aliphatic heterocycles. The van der Waals surface area contributed by atoms with Gasteiger partial charge in [-0.1, -0.05) is 35.9 Å². The molecule has 0 aliphatic carbocycles. The summed E-state index contributed by atoms with van der Waals surface area (Å²) in [6.45, 7) is 5.87. The molecule has 0 spiro atoms. The molecule has 0 unspecified atom stereocenters. The minimum absolute atomic E-state index is 0.189. The van der Waals surface area contributed by atoms with Crippen molar-refractivity contribution in [2.24, 2.45) is 0 Å². The van der Waals surface area contributed by atoms with Crippen molar-refractivity contribution in [3.63, 3.8) is 0 Å². The minimum atomic E-state index is -0.312. The summed E-state index contributed by atoms with van der Waals surface area (Å²) in [5.74, 6) is -0.826. The fourth-order valence-corrected chi connectivity index (χ4v) is 4.63. The number of amides is 3. The zero-order chi connectivity index (χ0) is 21.4. The second-order valence-corrected chi connectivity index (χ2v) is 8.35. The summed E-state index contributed by atoms with van der Waals surface area (Å²) in [4.78, 5) is 43.6. The molecule has 1 fully saturated rings. The number of hydrogen-bond acceptors (Lipinski definition) is 5. The molecule has 2 heterocycles. The second kappa shape index (κ2) is 7.84. The van der Waals surface area contributed by atoms with E-state index in [0.717, 1.165) is 21.0 Å². The largest absolute Gasteiger partial charge is 0.319 e. The van der Waals surface area contributed by atoms with Crippen molar-refractivity contribution >= 4 is 40.4 Å². The normalized spacial score (nSPS) is 13.8. The topological polar surface area (TPSA) is 79.4 Å². The van der Waals surface area contributed by atoms with E-state index in [1.54, 1.807) is 31.2 Å². The molecule has 6 nitrogen and oxygen atoms in total. The third-order valence-corrected chi connectivity index (χ3v) is 6.25. The van der Waals surface area contributed by atoms with Crippen LogP contribution in [0.3, 0.4) is 0 Å². The molecule has 4 rings (SSSR count). The molecule has 0 atom stereocenters. The molecule has 3 aromatic rings. The molecular formula is C23H21N3O3S. The summed E-state index contributed by atoms with van der Waals surface area (Å²) in [5.41, 5.74) is 4.74. The first kappa shape index (κ1) is 20.0. The van der Waals surface area contributed by atoms with E-state index >= 15 is 0 Å². The molecule has 1 aromatic heterocycles. The molecule has 1 saturated heterocycles. The fraction of sp³-hybridized carbons (Fsp3) is 0.217. The van der Waals surface area contributed by atoms with Crippen LogP contribution in [-0.4, -0.2) is 22.7 Å². The lowest BCUT2D eigenvalue weighted by Gasteiger charge is -2.18. The molecule has 0 bridgehead atoms. The average Bonchev–Trinajstić information content (AvgIpc) is 3.24. The van der Waals surface area contributed by atoms with Crippen LogP contribution in [0.15, 0.2) is 42.5 Å². The number of aromatic nitrogens is 1. The van der Waals surface area contributed by atoms with Crippen LogP contribution in [0.25, 0.3) is 10.6 Å². The van der Waals surface area contributed by atoms with Gasteiger partial charge in [-0.05, 0) is 38.5 Å². The molecule has 2 aromatic carbocycles. The lowest BCUT2D eigenvalue weighted by Crippen LogP contribution is -2.29. The van der Waals surface area contributed by atoms with Crippen LogP contribution >= 0.6 is 11.3 Å². The number of carbonyl (C=O) groups is 3. The maximum atomic E-state index is 13.0. The Balaban J connectivity index is 1.64. The number of para-hydroxylation sites is 2. The van der Waals surface area contributed by atoms with Gasteiger partial charge in [0, 0.05) is 18.4 Å². The van der Waals surface area contributed by atoms with Crippen molar-refractivity contribution < 1.29 is 14.4 Å². The van der Waals surface area contributed by atoms with E-state index in [1.807, 2.05) is 26.0 Å². The van der Waals surface area contributed by atoms with E-state index < -0.39 is 0 Å². The van der Waals surface area contributed by atoms with Crippen LogP contribution in [0, 0.1) is 20.8 Å². The van der Waals surface area contributed by atoms with Gasteiger partial charge in [-0.25, -0.2) is 9.88 Å². The number of benzene rings is 2. The number of nitrogens with one attached hydrogen (secondary N) is 1. The first-order valence-electron chi connectivity index (χ1n) is 9.66. The van der Waals surface area contributed by atoms with Crippen LogP contribution < -0.4 is 10.2 Å². The van der Waals surface area contributed by atoms with Gasteiger partial charge in [0.15, 0.2) is 0 Å². The number of carbonyl (C=O) groups excluding carboxylic acids is 3. The van der Waals surface area contributed by atoms with Gasteiger partial charge in [-0.15, -0.1) is 11.3 Å². The average molecular weight is 420 g/mol. The van der Waals surface area contributed by atoms with E-state index in [4.69, 9.17) is 0 Å². The smallest absolute Gasteiger partial charge is 0.267 e. The number of aryl methyl sites for hydroxylation is 3. The van der Waals surface area contributed by atoms with Gasteiger partial charge in [0.2, 0.25) is 11.8 Å². The molecule has 0 saturated carbocycles. The summed E-state index contributed by atoms with van der Waals surface area (Å²) in [5, 5.41) is 3.65. The highest BCUT2D eigenvalue weighted by atomic mass is 32.1. The lowest BCUT2D eigenvalue weighted by molar-refractivity contribution is -0.121. The summed E-state index contributed by atoms with van der Waals surface area (Å²) < 4.78 is 0.